The van der Waals surface area contributed by atoms with Crippen LogP contribution in [0, 0.1) is 0 Å². The maximum atomic E-state index is 11.3. The number of benzene rings is 1. The molecule has 2 rings (SSSR count). The normalized spacial score (nSPS) is 12.7. The lowest BCUT2D eigenvalue weighted by atomic mass is 10.3. The molecule has 0 aliphatic carbocycles. The summed E-state index contributed by atoms with van der Waals surface area (Å²) in [5.74, 6) is 0. The van der Waals surface area contributed by atoms with Gasteiger partial charge in [0, 0.05) is 16.2 Å². The minimum absolute atomic E-state index is 0.317. The van der Waals surface area contributed by atoms with Gasteiger partial charge in [-0.3, -0.25) is 0 Å². The van der Waals surface area contributed by atoms with Crippen molar-refractivity contribution in [1.82, 2.24) is 20.2 Å². The van der Waals surface area contributed by atoms with Crippen LogP contribution in [0.25, 0.3) is 5.69 Å². The van der Waals surface area contributed by atoms with E-state index < -0.39 is 11.2 Å². The van der Waals surface area contributed by atoms with Gasteiger partial charge in [0.15, 0.2) is 0 Å². The van der Waals surface area contributed by atoms with Crippen LogP contribution in [-0.4, -0.2) is 31.0 Å². The molecule has 0 radical (unpaired) electrons. The van der Waals surface area contributed by atoms with Crippen LogP contribution in [0.3, 0.4) is 0 Å². The van der Waals surface area contributed by atoms with Crippen molar-refractivity contribution in [1.29, 1.82) is 0 Å². The van der Waals surface area contributed by atoms with Crippen molar-refractivity contribution in [2.75, 3.05) is 6.26 Å². The van der Waals surface area contributed by atoms with Crippen molar-refractivity contribution < 1.29 is 4.55 Å². The summed E-state index contributed by atoms with van der Waals surface area (Å²) in [6.45, 7) is 0. The summed E-state index contributed by atoms with van der Waals surface area (Å²) in [6, 6.07) is 6.96. The second-order valence-corrected chi connectivity index (χ2v) is 4.51. The van der Waals surface area contributed by atoms with E-state index in [1.54, 1.807) is 24.3 Å². The lowest BCUT2D eigenvalue weighted by molar-refractivity contribution is 0.585. The van der Waals surface area contributed by atoms with E-state index in [2.05, 4.69) is 15.5 Å². The molecule has 0 saturated carbocycles. The molecule has 1 heterocycles. The van der Waals surface area contributed by atoms with Gasteiger partial charge in [0.1, 0.15) is 6.26 Å². The van der Waals surface area contributed by atoms with Crippen molar-refractivity contribution in [3.05, 3.63) is 29.3 Å². The minimum atomic E-state index is -1.22. The second kappa shape index (κ2) is 4.18. The summed E-state index contributed by atoms with van der Waals surface area (Å²) in [7, 11) is 0. The van der Waals surface area contributed by atoms with Crippen molar-refractivity contribution in [3.63, 3.8) is 0 Å². The van der Waals surface area contributed by atoms with Crippen molar-refractivity contribution >= 4 is 22.8 Å². The largest absolute Gasteiger partial charge is 0.609 e. The summed E-state index contributed by atoms with van der Waals surface area (Å²) < 4.78 is 12.7. The molecule has 1 atom stereocenters. The molecule has 0 bridgehead atoms. The van der Waals surface area contributed by atoms with Crippen LogP contribution in [0.4, 0.5) is 0 Å². The second-order valence-electron chi connectivity index (χ2n) is 2.80. The Kier molecular flexibility index (Phi) is 2.90. The molecule has 0 amide bonds. The molecule has 2 aromatic rings. The molecule has 1 aromatic heterocycles. The van der Waals surface area contributed by atoms with E-state index in [1.165, 1.54) is 10.9 Å². The van der Waals surface area contributed by atoms with Crippen LogP contribution in [0.2, 0.25) is 5.02 Å². The van der Waals surface area contributed by atoms with Gasteiger partial charge in [0.25, 0.3) is 0 Å². The first-order chi connectivity index (χ1) is 7.18. The lowest BCUT2D eigenvalue weighted by Crippen LogP contribution is -2.08. The quantitative estimate of drug-likeness (QED) is 0.739. The molecule has 1 aromatic carbocycles. The molecular formula is C8H7ClN4OS. The van der Waals surface area contributed by atoms with Gasteiger partial charge in [-0.15, -0.1) is 0 Å². The van der Waals surface area contributed by atoms with Crippen molar-refractivity contribution in [2.45, 2.75) is 5.16 Å². The van der Waals surface area contributed by atoms with Crippen LogP contribution < -0.4 is 0 Å². The molecule has 7 heteroatoms. The number of halogens is 1. The van der Waals surface area contributed by atoms with Crippen LogP contribution in [0.1, 0.15) is 0 Å². The van der Waals surface area contributed by atoms with Crippen LogP contribution in [-0.2, 0) is 11.2 Å². The zero-order valence-corrected chi connectivity index (χ0v) is 9.37. The molecule has 0 aliphatic heterocycles. The standard InChI is InChI=1S/C8H7ClN4OS/c1-15(14)8-10-11-12-13(8)7-4-2-6(9)3-5-7/h2-5H,1H3. The first-order valence-electron chi connectivity index (χ1n) is 4.06. The fraction of sp³-hybridized carbons (Fsp3) is 0.125. The molecule has 0 spiro atoms. The Bertz CT molecular complexity index is 456. The maximum Gasteiger partial charge on any atom is 0.365 e. The predicted octanol–water partition coefficient (Wildman–Crippen LogP) is 1.05. The highest BCUT2D eigenvalue weighted by molar-refractivity contribution is 7.90. The third kappa shape index (κ3) is 2.11. The Labute approximate surface area is 94.2 Å². The van der Waals surface area contributed by atoms with Gasteiger partial charge in [-0.05, 0) is 34.7 Å². The minimum Gasteiger partial charge on any atom is -0.609 e. The van der Waals surface area contributed by atoms with Gasteiger partial charge in [-0.25, -0.2) is 0 Å². The third-order valence-corrected chi connectivity index (χ3v) is 2.79. The Morgan fingerprint density at radius 2 is 2.00 bits per heavy atom. The number of aromatic nitrogens is 4. The molecular weight excluding hydrogens is 236 g/mol. The zero-order chi connectivity index (χ0) is 10.8. The summed E-state index contributed by atoms with van der Waals surface area (Å²) >= 11 is 4.53. The Morgan fingerprint density at radius 1 is 1.33 bits per heavy atom. The summed E-state index contributed by atoms with van der Waals surface area (Å²) in [4.78, 5) is 0. The molecule has 78 valence electrons. The summed E-state index contributed by atoms with van der Waals surface area (Å²) in [5, 5.41) is 11.9. The summed E-state index contributed by atoms with van der Waals surface area (Å²) in [5.41, 5.74) is 0.731. The number of rotatable bonds is 2. The Morgan fingerprint density at radius 3 is 2.60 bits per heavy atom. The molecule has 1 unspecified atom stereocenters. The highest BCUT2D eigenvalue weighted by Crippen LogP contribution is 2.15. The van der Waals surface area contributed by atoms with E-state index in [0.717, 1.165) is 5.69 Å². The van der Waals surface area contributed by atoms with Crippen LogP contribution in [0.15, 0.2) is 29.4 Å². The smallest absolute Gasteiger partial charge is 0.365 e. The van der Waals surface area contributed by atoms with Gasteiger partial charge in [0.05, 0.1) is 5.69 Å². The van der Waals surface area contributed by atoms with E-state index >= 15 is 0 Å². The van der Waals surface area contributed by atoms with E-state index in [4.69, 9.17) is 11.6 Å². The molecule has 5 nitrogen and oxygen atoms in total. The van der Waals surface area contributed by atoms with E-state index in [1.807, 2.05) is 0 Å². The topological polar surface area (TPSA) is 66.7 Å². The SMILES string of the molecule is C[S+]([O-])c1nnnn1-c1ccc(Cl)cc1. The van der Waals surface area contributed by atoms with Crippen LogP contribution in [0.5, 0.6) is 0 Å². The lowest BCUT2D eigenvalue weighted by Gasteiger charge is -2.04. The molecule has 0 fully saturated rings. The maximum absolute atomic E-state index is 11.3. The highest BCUT2D eigenvalue weighted by atomic mass is 35.5. The fourth-order valence-electron chi connectivity index (χ4n) is 1.10. The number of hydrogen-bond donors (Lipinski definition) is 0. The molecule has 0 aliphatic rings. The average Bonchev–Trinajstić information content (AvgIpc) is 2.67. The van der Waals surface area contributed by atoms with Gasteiger partial charge in [-0.1, -0.05) is 16.7 Å². The van der Waals surface area contributed by atoms with Crippen molar-refractivity contribution in [3.8, 4) is 5.69 Å². The summed E-state index contributed by atoms with van der Waals surface area (Å²) in [6.07, 6.45) is 1.53. The third-order valence-electron chi connectivity index (χ3n) is 1.77. The van der Waals surface area contributed by atoms with Gasteiger partial charge in [0.2, 0.25) is 0 Å². The Hall–Kier alpha value is -1.11. The van der Waals surface area contributed by atoms with Crippen LogP contribution >= 0.6 is 11.6 Å². The van der Waals surface area contributed by atoms with E-state index in [0.29, 0.717) is 10.2 Å². The molecule has 0 N–H and O–H groups in total. The van der Waals surface area contributed by atoms with Gasteiger partial charge < -0.3 is 4.55 Å². The first kappa shape index (κ1) is 10.4. The zero-order valence-electron chi connectivity index (χ0n) is 7.79. The number of hydrogen-bond acceptors (Lipinski definition) is 4. The number of tetrazole rings is 1. The van der Waals surface area contributed by atoms with Gasteiger partial charge in [-0.2, -0.15) is 4.68 Å². The number of nitrogens with zero attached hydrogens (tertiary/aromatic N) is 4. The monoisotopic (exact) mass is 242 g/mol. The Balaban J connectivity index is 2.45. The van der Waals surface area contributed by atoms with E-state index in [-0.39, 0.29) is 0 Å². The molecule has 15 heavy (non-hydrogen) atoms. The fourth-order valence-corrected chi connectivity index (χ4v) is 1.77. The average molecular weight is 243 g/mol. The van der Waals surface area contributed by atoms with Gasteiger partial charge >= 0.3 is 5.16 Å². The highest BCUT2D eigenvalue weighted by Gasteiger charge is 2.16. The van der Waals surface area contributed by atoms with E-state index in [9.17, 15) is 4.55 Å². The first-order valence-corrected chi connectivity index (χ1v) is 6.00. The molecule has 0 saturated heterocycles. The predicted molar refractivity (Wildman–Crippen MR) is 56.5 cm³/mol. The van der Waals surface area contributed by atoms with Crippen molar-refractivity contribution in [2.24, 2.45) is 0 Å².